The highest BCUT2D eigenvalue weighted by molar-refractivity contribution is 5.95. The van der Waals surface area contributed by atoms with E-state index in [9.17, 15) is 9.18 Å². The highest BCUT2D eigenvalue weighted by atomic mass is 19.1. The van der Waals surface area contributed by atoms with Gasteiger partial charge in [0, 0.05) is 23.4 Å². The Morgan fingerprint density at radius 2 is 2.00 bits per heavy atom. The molecule has 0 bridgehead atoms. The molecule has 7 nitrogen and oxygen atoms in total. The summed E-state index contributed by atoms with van der Waals surface area (Å²) in [5.41, 5.74) is 3.38. The van der Waals surface area contributed by atoms with Gasteiger partial charge in [-0.3, -0.25) is 4.79 Å². The van der Waals surface area contributed by atoms with Gasteiger partial charge in [-0.05, 0) is 49.4 Å². The first kappa shape index (κ1) is 19.4. The van der Waals surface area contributed by atoms with Crippen molar-refractivity contribution in [2.45, 2.75) is 13.5 Å². The molecule has 0 fully saturated rings. The van der Waals surface area contributed by atoms with Crippen molar-refractivity contribution in [3.63, 3.8) is 0 Å². The molecule has 0 aliphatic carbocycles. The van der Waals surface area contributed by atoms with Crippen molar-refractivity contribution in [3.8, 4) is 22.8 Å². The van der Waals surface area contributed by atoms with Gasteiger partial charge in [-0.2, -0.15) is 0 Å². The van der Waals surface area contributed by atoms with E-state index in [-0.39, 0.29) is 18.3 Å². The number of benzene rings is 2. The lowest BCUT2D eigenvalue weighted by atomic mass is 10.1. The molecule has 0 saturated heterocycles. The molecular weight excluding hydrogens is 387 g/mol. The lowest BCUT2D eigenvalue weighted by Crippen LogP contribution is -2.23. The Bertz CT molecular complexity index is 1180. The largest absolute Gasteiger partial charge is 0.495 e. The zero-order chi connectivity index (χ0) is 21.1. The first-order valence-electron chi connectivity index (χ1n) is 9.22. The highest BCUT2D eigenvalue weighted by Gasteiger charge is 2.13. The van der Waals surface area contributed by atoms with Crippen molar-refractivity contribution in [2.24, 2.45) is 0 Å². The Labute approximate surface area is 172 Å². The Kier molecular flexibility index (Phi) is 5.30. The van der Waals surface area contributed by atoms with E-state index < -0.39 is 0 Å². The van der Waals surface area contributed by atoms with E-state index >= 15 is 0 Å². The molecular formula is C22H19FN4O3. The number of nitrogens with zero attached hydrogens (tertiary/aromatic N) is 3. The van der Waals surface area contributed by atoms with Crippen LogP contribution in [0.5, 0.6) is 5.75 Å². The monoisotopic (exact) mass is 406 g/mol. The van der Waals surface area contributed by atoms with E-state index in [1.54, 1.807) is 49.8 Å². The van der Waals surface area contributed by atoms with Crippen molar-refractivity contribution in [1.29, 1.82) is 0 Å². The maximum Gasteiger partial charge on any atom is 0.251 e. The smallest absolute Gasteiger partial charge is 0.251 e. The van der Waals surface area contributed by atoms with Crippen LogP contribution in [0.1, 0.15) is 21.7 Å². The van der Waals surface area contributed by atoms with Crippen LogP contribution in [-0.2, 0) is 6.54 Å². The molecule has 4 aromatic rings. The number of carbonyl (C=O) groups excluding carboxylic acids is 1. The molecule has 2 heterocycles. The lowest BCUT2D eigenvalue weighted by Gasteiger charge is -2.11. The molecule has 8 heteroatoms. The number of aromatic nitrogens is 3. The maximum absolute atomic E-state index is 13.0. The fraction of sp³-hybridized carbons (Fsp3) is 0.136. The molecule has 152 valence electrons. The number of methoxy groups -OCH3 is 1. The third-order valence-corrected chi connectivity index (χ3v) is 4.55. The number of halogens is 1. The van der Waals surface area contributed by atoms with Gasteiger partial charge in [-0.25, -0.2) is 9.37 Å². The quantitative estimate of drug-likeness (QED) is 0.525. The maximum atomic E-state index is 13.0. The first-order valence-corrected chi connectivity index (χ1v) is 9.22. The second-order valence-electron chi connectivity index (χ2n) is 6.68. The minimum atomic E-state index is -0.324. The number of hydrogen-bond donors (Lipinski definition) is 1. The van der Waals surface area contributed by atoms with Crippen LogP contribution in [-0.4, -0.2) is 27.7 Å². The number of rotatable bonds is 6. The second-order valence-corrected chi connectivity index (χ2v) is 6.68. The summed E-state index contributed by atoms with van der Waals surface area (Å²) in [7, 11) is 1.55. The summed E-state index contributed by atoms with van der Waals surface area (Å²) >= 11 is 0. The molecule has 1 N–H and O–H groups in total. The molecule has 0 aliphatic heterocycles. The predicted octanol–water partition coefficient (Wildman–Crippen LogP) is 3.91. The number of nitrogens with one attached hydrogen (secondary N) is 1. The summed E-state index contributed by atoms with van der Waals surface area (Å²) in [6.07, 6.45) is 3.57. The Balaban J connectivity index is 1.45. The van der Waals surface area contributed by atoms with Crippen molar-refractivity contribution < 1.29 is 18.4 Å². The van der Waals surface area contributed by atoms with E-state index in [1.807, 2.05) is 17.7 Å². The molecule has 2 aromatic carbocycles. The zero-order valence-corrected chi connectivity index (χ0v) is 16.4. The van der Waals surface area contributed by atoms with E-state index in [4.69, 9.17) is 9.26 Å². The van der Waals surface area contributed by atoms with Gasteiger partial charge in [0.2, 0.25) is 0 Å². The zero-order valence-electron chi connectivity index (χ0n) is 16.4. The van der Waals surface area contributed by atoms with E-state index in [1.165, 1.54) is 12.1 Å². The molecule has 2 aromatic heterocycles. The summed E-state index contributed by atoms with van der Waals surface area (Å²) < 4.78 is 25.6. The Morgan fingerprint density at radius 1 is 1.20 bits per heavy atom. The SMILES string of the molecule is COc1cc(C(=O)NCc2cc(-c3ccc(F)cc3)on2)ccc1-n1cnc(C)c1. The predicted molar refractivity (Wildman–Crippen MR) is 108 cm³/mol. The van der Waals surface area contributed by atoms with Crippen molar-refractivity contribution in [3.05, 3.63) is 83.8 Å². The van der Waals surface area contributed by atoms with Gasteiger partial charge >= 0.3 is 0 Å². The van der Waals surface area contributed by atoms with Crippen LogP contribution in [0, 0.1) is 12.7 Å². The molecule has 1 amide bonds. The number of aryl methyl sites for hydroxylation is 1. The molecule has 0 atom stereocenters. The number of carbonyl (C=O) groups is 1. The van der Waals surface area contributed by atoms with Gasteiger partial charge in [-0.1, -0.05) is 5.16 Å². The van der Waals surface area contributed by atoms with Crippen LogP contribution >= 0.6 is 0 Å². The molecule has 0 radical (unpaired) electrons. The molecule has 0 aliphatic rings. The molecule has 30 heavy (non-hydrogen) atoms. The summed E-state index contributed by atoms with van der Waals surface area (Å²) in [5.74, 6) is 0.462. The normalized spacial score (nSPS) is 10.8. The third-order valence-electron chi connectivity index (χ3n) is 4.55. The minimum Gasteiger partial charge on any atom is -0.495 e. The summed E-state index contributed by atoms with van der Waals surface area (Å²) in [5, 5.41) is 6.76. The fourth-order valence-electron chi connectivity index (χ4n) is 3.00. The molecule has 0 spiro atoms. The van der Waals surface area contributed by atoms with Crippen molar-refractivity contribution in [1.82, 2.24) is 20.0 Å². The Morgan fingerprint density at radius 3 is 2.70 bits per heavy atom. The topological polar surface area (TPSA) is 82.2 Å². The van der Waals surface area contributed by atoms with Crippen LogP contribution < -0.4 is 10.1 Å². The average molecular weight is 406 g/mol. The molecule has 0 saturated carbocycles. The van der Waals surface area contributed by atoms with Crippen LogP contribution in [0.3, 0.4) is 0 Å². The summed E-state index contributed by atoms with van der Waals surface area (Å²) in [4.78, 5) is 16.8. The van der Waals surface area contributed by atoms with E-state index in [0.29, 0.717) is 28.3 Å². The van der Waals surface area contributed by atoms with Crippen LogP contribution in [0.25, 0.3) is 17.0 Å². The summed E-state index contributed by atoms with van der Waals surface area (Å²) in [6, 6.07) is 12.8. The fourth-order valence-corrected chi connectivity index (χ4v) is 3.00. The third kappa shape index (κ3) is 4.07. The molecule has 4 rings (SSSR count). The number of imidazole rings is 1. The average Bonchev–Trinajstić information content (AvgIpc) is 3.41. The van der Waals surface area contributed by atoms with Crippen LogP contribution in [0.4, 0.5) is 4.39 Å². The standard InChI is InChI=1S/C22H19FN4O3/c1-14-12-27(13-25-14)19-8-5-16(9-21(19)29-2)22(28)24-11-18-10-20(30-26-18)15-3-6-17(23)7-4-15/h3-10,12-13H,11H2,1-2H3,(H,24,28). The molecule has 0 unspecified atom stereocenters. The summed E-state index contributed by atoms with van der Waals surface area (Å²) in [6.45, 7) is 2.09. The highest BCUT2D eigenvalue weighted by Crippen LogP contribution is 2.25. The van der Waals surface area contributed by atoms with Gasteiger partial charge < -0.3 is 19.1 Å². The first-order chi connectivity index (χ1) is 14.5. The Hall–Kier alpha value is -3.94. The van der Waals surface area contributed by atoms with E-state index in [2.05, 4.69) is 15.5 Å². The van der Waals surface area contributed by atoms with Gasteiger partial charge in [0.15, 0.2) is 5.76 Å². The second kappa shape index (κ2) is 8.20. The van der Waals surface area contributed by atoms with Crippen molar-refractivity contribution in [2.75, 3.05) is 7.11 Å². The number of ether oxygens (including phenoxy) is 1. The number of hydrogen-bond acceptors (Lipinski definition) is 5. The van der Waals surface area contributed by atoms with Gasteiger partial charge in [0.1, 0.15) is 17.3 Å². The minimum absolute atomic E-state index is 0.189. The van der Waals surface area contributed by atoms with Gasteiger partial charge in [0.05, 0.1) is 31.4 Å². The van der Waals surface area contributed by atoms with Crippen molar-refractivity contribution >= 4 is 5.91 Å². The van der Waals surface area contributed by atoms with Gasteiger partial charge in [0.25, 0.3) is 5.91 Å². The van der Waals surface area contributed by atoms with Crippen LogP contribution in [0.15, 0.2) is 65.6 Å². The van der Waals surface area contributed by atoms with Gasteiger partial charge in [-0.15, -0.1) is 0 Å². The number of amides is 1. The van der Waals surface area contributed by atoms with Crippen LogP contribution in [0.2, 0.25) is 0 Å². The van der Waals surface area contributed by atoms with E-state index in [0.717, 1.165) is 11.4 Å². The lowest BCUT2D eigenvalue weighted by molar-refractivity contribution is 0.0949.